The molecule has 0 fully saturated rings. The Bertz CT molecular complexity index is 243. The fraction of sp³-hybridized carbons (Fsp3) is 0.714. The normalized spacial score (nSPS) is 12.1. The SMILES string of the molecule is NC(=O)C(CCC(F)(F)C(F)F)C(N)=O. The zero-order chi connectivity index (χ0) is 12.2. The number of hydrogen-bond acceptors (Lipinski definition) is 2. The molecule has 0 bridgehead atoms. The molecular formula is C7H10F4N2O2. The zero-order valence-electron chi connectivity index (χ0n) is 7.55. The van der Waals surface area contributed by atoms with Crippen LogP contribution in [0.25, 0.3) is 0 Å². The largest absolute Gasteiger partial charge is 0.369 e. The van der Waals surface area contributed by atoms with Gasteiger partial charge in [0.2, 0.25) is 11.8 Å². The smallest absolute Gasteiger partial charge is 0.307 e. The van der Waals surface area contributed by atoms with Gasteiger partial charge in [-0.15, -0.1) is 0 Å². The predicted molar refractivity (Wildman–Crippen MR) is 42.1 cm³/mol. The fourth-order valence-corrected chi connectivity index (χ4v) is 0.871. The summed E-state index contributed by atoms with van der Waals surface area (Å²) in [6.07, 6.45) is -5.96. The molecule has 0 aromatic rings. The lowest BCUT2D eigenvalue weighted by Crippen LogP contribution is -2.37. The van der Waals surface area contributed by atoms with Gasteiger partial charge in [0.1, 0.15) is 5.92 Å². The van der Waals surface area contributed by atoms with Crippen LogP contribution in [-0.2, 0) is 9.59 Å². The first-order valence-corrected chi connectivity index (χ1v) is 3.93. The molecule has 0 spiro atoms. The Morgan fingerprint density at radius 1 is 1.13 bits per heavy atom. The van der Waals surface area contributed by atoms with Crippen LogP contribution < -0.4 is 11.5 Å². The fourth-order valence-electron chi connectivity index (χ4n) is 0.871. The summed E-state index contributed by atoms with van der Waals surface area (Å²) in [5, 5.41) is 0. The Labute approximate surface area is 82.6 Å². The molecule has 0 rings (SSSR count). The molecule has 0 saturated heterocycles. The number of hydrogen-bond donors (Lipinski definition) is 2. The highest BCUT2D eigenvalue weighted by atomic mass is 19.3. The van der Waals surface area contributed by atoms with Crippen molar-refractivity contribution in [3.63, 3.8) is 0 Å². The van der Waals surface area contributed by atoms with E-state index in [9.17, 15) is 27.2 Å². The van der Waals surface area contributed by atoms with Gasteiger partial charge in [-0.3, -0.25) is 9.59 Å². The summed E-state index contributed by atoms with van der Waals surface area (Å²) in [4.78, 5) is 21.0. The molecule has 0 saturated carbocycles. The molecule has 0 aliphatic rings. The first-order chi connectivity index (χ1) is 6.68. The zero-order valence-corrected chi connectivity index (χ0v) is 7.55. The van der Waals surface area contributed by atoms with Crippen molar-refractivity contribution in [2.45, 2.75) is 25.2 Å². The van der Waals surface area contributed by atoms with E-state index in [0.717, 1.165) is 0 Å². The molecule has 0 unspecified atom stereocenters. The molecular weight excluding hydrogens is 220 g/mol. The number of alkyl halides is 4. The van der Waals surface area contributed by atoms with Gasteiger partial charge in [-0.1, -0.05) is 0 Å². The van der Waals surface area contributed by atoms with E-state index in [-0.39, 0.29) is 0 Å². The van der Waals surface area contributed by atoms with Crippen LogP contribution >= 0.6 is 0 Å². The van der Waals surface area contributed by atoms with E-state index in [1.165, 1.54) is 0 Å². The standard InChI is InChI=1S/C7H10F4N2O2/c8-6(9)7(10,11)2-1-3(4(12)14)5(13)15/h3,6H,1-2H2,(H2,12,14)(H2,13,15). The highest BCUT2D eigenvalue weighted by Gasteiger charge is 2.41. The molecule has 4 nitrogen and oxygen atoms in total. The van der Waals surface area contributed by atoms with Crippen molar-refractivity contribution in [2.75, 3.05) is 0 Å². The maximum absolute atomic E-state index is 12.4. The van der Waals surface area contributed by atoms with Crippen LogP contribution in [0.1, 0.15) is 12.8 Å². The third-order valence-corrected chi connectivity index (χ3v) is 1.77. The van der Waals surface area contributed by atoms with Crippen LogP contribution in [0.3, 0.4) is 0 Å². The first kappa shape index (κ1) is 13.7. The van der Waals surface area contributed by atoms with Gasteiger partial charge in [0.05, 0.1) is 0 Å². The summed E-state index contributed by atoms with van der Waals surface area (Å²) >= 11 is 0. The average Bonchev–Trinajstić information content (AvgIpc) is 2.02. The Balaban J connectivity index is 4.35. The Morgan fingerprint density at radius 3 is 1.80 bits per heavy atom. The summed E-state index contributed by atoms with van der Waals surface area (Å²) in [7, 11) is 0. The Kier molecular flexibility index (Phi) is 4.50. The maximum atomic E-state index is 12.4. The van der Waals surface area contributed by atoms with E-state index in [0.29, 0.717) is 0 Å². The molecule has 0 atom stereocenters. The number of rotatable bonds is 6. The second-order valence-electron chi connectivity index (χ2n) is 2.96. The van der Waals surface area contributed by atoms with Crippen LogP contribution in [0.4, 0.5) is 17.6 Å². The van der Waals surface area contributed by atoms with Crippen molar-refractivity contribution in [1.29, 1.82) is 0 Å². The van der Waals surface area contributed by atoms with Crippen LogP contribution in [0.15, 0.2) is 0 Å². The van der Waals surface area contributed by atoms with Crippen molar-refractivity contribution in [3.05, 3.63) is 0 Å². The molecule has 0 aliphatic heterocycles. The summed E-state index contributed by atoms with van der Waals surface area (Å²) < 4.78 is 48.1. The van der Waals surface area contributed by atoms with Gasteiger partial charge in [0.15, 0.2) is 0 Å². The highest BCUT2D eigenvalue weighted by Crippen LogP contribution is 2.29. The third kappa shape index (κ3) is 4.13. The van der Waals surface area contributed by atoms with Crippen molar-refractivity contribution >= 4 is 11.8 Å². The number of halogens is 4. The van der Waals surface area contributed by atoms with Gasteiger partial charge in [-0.05, 0) is 6.42 Å². The molecule has 88 valence electrons. The molecule has 0 aromatic carbocycles. The van der Waals surface area contributed by atoms with Crippen molar-refractivity contribution in [1.82, 2.24) is 0 Å². The lowest BCUT2D eigenvalue weighted by Gasteiger charge is -2.16. The lowest BCUT2D eigenvalue weighted by molar-refractivity contribution is -0.142. The second kappa shape index (κ2) is 4.94. The quantitative estimate of drug-likeness (QED) is 0.506. The highest BCUT2D eigenvalue weighted by molar-refractivity contribution is 5.98. The van der Waals surface area contributed by atoms with Gasteiger partial charge < -0.3 is 11.5 Å². The Hall–Kier alpha value is -1.34. The molecule has 15 heavy (non-hydrogen) atoms. The Morgan fingerprint density at radius 2 is 1.53 bits per heavy atom. The molecule has 2 amide bonds. The van der Waals surface area contributed by atoms with Gasteiger partial charge in [-0.2, -0.15) is 0 Å². The predicted octanol–water partition coefficient (Wildman–Crippen LogP) is 0.254. The van der Waals surface area contributed by atoms with Crippen molar-refractivity contribution in [3.8, 4) is 0 Å². The summed E-state index contributed by atoms with van der Waals surface area (Å²) in [5.74, 6) is -8.29. The van der Waals surface area contributed by atoms with Gasteiger partial charge in [0.25, 0.3) is 0 Å². The molecule has 8 heteroatoms. The average molecular weight is 230 g/mol. The van der Waals surface area contributed by atoms with Crippen LogP contribution in [0, 0.1) is 5.92 Å². The summed E-state index contributed by atoms with van der Waals surface area (Å²) in [5.41, 5.74) is 9.34. The molecule has 0 radical (unpaired) electrons. The topological polar surface area (TPSA) is 86.2 Å². The molecule has 0 aliphatic carbocycles. The number of carbonyl (C=O) groups excluding carboxylic acids is 2. The first-order valence-electron chi connectivity index (χ1n) is 3.93. The van der Waals surface area contributed by atoms with Crippen LogP contribution in [0.2, 0.25) is 0 Å². The number of nitrogens with two attached hydrogens (primary N) is 2. The number of amides is 2. The maximum Gasteiger partial charge on any atom is 0.307 e. The molecule has 0 aromatic heterocycles. The third-order valence-electron chi connectivity index (χ3n) is 1.77. The van der Waals surface area contributed by atoms with E-state index in [1.807, 2.05) is 0 Å². The van der Waals surface area contributed by atoms with E-state index >= 15 is 0 Å². The van der Waals surface area contributed by atoms with Gasteiger partial charge in [-0.25, -0.2) is 17.6 Å². The minimum absolute atomic E-state index is 0.790. The van der Waals surface area contributed by atoms with Gasteiger partial charge >= 0.3 is 12.3 Å². The number of primary amides is 2. The second-order valence-corrected chi connectivity index (χ2v) is 2.96. The van der Waals surface area contributed by atoms with Crippen molar-refractivity contribution in [2.24, 2.45) is 17.4 Å². The van der Waals surface area contributed by atoms with Gasteiger partial charge in [0, 0.05) is 6.42 Å². The van der Waals surface area contributed by atoms with E-state index in [1.54, 1.807) is 0 Å². The van der Waals surface area contributed by atoms with E-state index in [2.05, 4.69) is 11.5 Å². The molecule has 4 N–H and O–H groups in total. The van der Waals surface area contributed by atoms with E-state index in [4.69, 9.17) is 0 Å². The minimum Gasteiger partial charge on any atom is -0.369 e. The summed E-state index contributed by atoms with van der Waals surface area (Å²) in [6, 6.07) is 0. The van der Waals surface area contributed by atoms with Crippen molar-refractivity contribution < 1.29 is 27.2 Å². The minimum atomic E-state index is -4.25. The lowest BCUT2D eigenvalue weighted by atomic mass is 9.99. The van der Waals surface area contributed by atoms with Crippen LogP contribution in [0.5, 0.6) is 0 Å². The van der Waals surface area contributed by atoms with E-state index < -0.39 is 42.9 Å². The molecule has 0 heterocycles. The van der Waals surface area contributed by atoms with Crippen LogP contribution in [-0.4, -0.2) is 24.2 Å². The number of carbonyl (C=O) groups is 2. The monoisotopic (exact) mass is 230 g/mol. The summed E-state index contributed by atoms with van der Waals surface area (Å²) in [6.45, 7) is 0.